The Bertz CT molecular complexity index is 788. The summed E-state index contributed by atoms with van der Waals surface area (Å²) in [5.74, 6) is 1.35. The fourth-order valence-corrected chi connectivity index (χ4v) is 3.40. The van der Waals surface area contributed by atoms with Crippen molar-refractivity contribution in [3.63, 3.8) is 0 Å². The molecule has 1 aromatic carbocycles. The lowest BCUT2D eigenvalue weighted by Gasteiger charge is -2.33. The van der Waals surface area contributed by atoms with E-state index in [0.29, 0.717) is 28.6 Å². The molecule has 0 saturated heterocycles. The average Bonchev–Trinajstić information content (AvgIpc) is 3.02. The second kappa shape index (κ2) is 8.05. The topological polar surface area (TPSA) is 86.5 Å². The van der Waals surface area contributed by atoms with Crippen LogP contribution in [0, 0.1) is 12.8 Å². The van der Waals surface area contributed by atoms with Gasteiger partial charge in [-0.2, -0.15) is 0 Å². The summed E-state index contributed by atoms with van der Waals surface area (Å²) in [7, 11) is 3.18. The maximum Gasteiger partial charge on any atom is 0.263 e. The Hall–Kier alpha value is -2.12. The number of benzene rings is 1. The standard InChI is InChI=1S/C19H27N3O3S/c1-11(2)19(4,10-20)22-17(23)16-12(3)21-18(26-16)13-7-8-14(24-5)15(9-13)25-6/h7-9,11H,10,20H2,1-6H3,(H,22,23). The number of nitrogens with two attached hydrogens (primary N) is 1. The van der Waals surface area contributed by atoms with Crippen molar-refractivity contribution in [2.75, 3.05) is 20.8 Å². The summed E-state index contributed by atoms with van der Waals surface area (Å²) in [4.78, 5) is 17.9. The highest BCUT2D eigenvalue weighted by atomic mass is 32.1. The predicted octanol–water partition coefficient (Wildman–Crippen LogP) is 3.24. The maximum absolute atomic E-state index is 12.8. The summed E-state index contributed by atoms with van der Waals surface area (Å²) >= 11 is 1.36. The number of nitrogens with one attached hydrogen (secondary N) is 1. The van der Waals surface area contributed by atoms with Gasteiger partial charge in [0, 0.05) is 12.1 Å². The molecule has 7 heteroatoms. The molecule has 2 rings (SSSR count). The van der Waals surface area contributed by atoms with E-state index in [1.54, 1.807) is 14.2 Å². The Morgan fingerprint density at radius 2 is 1.96 bits per heavy atom. The number of hydrogen-bond acceptors (Lipinski definition) is 6. The molecule has 1 unspecified atom stereocenters. The third kappa shape index (κ3) is 3.99. The number of aryl methyl sites for hydroxylation is 1. The number of hydrogen-bond donors (Lipinski definition) is 2. The van der Waals surface area contributed by atoms with Crippen LogP contribution in [0.25, 0.3) is 10.6 Å². The third-order valence-corrected chi connectivity index (χ3v) is 5.94. The SMILES string of the molecule is COc1ccc(-c2nc(C)c(C(=O)NC(C)(CN)C(C)C)s2)cc1OC. The Balaban J connectivity index is 2.33. The second-order valence-electron chi connectivity index (χ2n) is 6.73. The van der Waals surface area contributed by atoms with E-state index in [-0.39, 0.29) is 11.8 Å². The maximum atomic E-state index is 12.8. The lowest BCUT2D eigenvalue weighted by Crippen LogP contribution is -2.54. The zero-order valence-electron chi connectivity index (χ0n) is 16.2. The fraction of sp³-hybridized carbons (Fsp3) is 0.474. The molecule has 6 nitrogen and oxygen atoms in total. The summed E-state index contributed by atoms with van der Waals surface area (Å²) in [5, 5.41) is 3.82. The van der Waals surface area contributed by atoms with E-state index < -0.39 is 5.54 Å². The van der Waals surface area contributed by atoms with Crippen LogP contribution in [0.1, 0.15) is 36.1 Å². The lowest BCUT2D eigenvalue weighted by molar-refractivity contribution is 0.0886. The number of carbonyl (C=O) groups excluding carboxylic acids is 1. The van der Waals surface area contributed by atoms with Crippen molar-refractivity contribution in [3.05, 3.63) is 28.8 Å². The predicted molar refractivity (Wildman–Crippen MR) is 105 cm³/mol. The Morgan fingerprint density at radius 3 is 2.50 bits per heavy atom. The van der Waals surface area contributed by atoms with Crippen LogP contribution in [-0.2, 0) is 0 Å². The van der Waals surface area contributed by atoms with Crippen molar-refractivity contribution < 1.29 is 14.3 Å². The fourth-order valence-electron chi connectivity index (χ4n) is 2.45. The van der Waals surface area contributed by atoms with Gasteiger partial charge in [0.15, 0.2) is 11.5 Å². The van der Waals surface area contributed by atoms with E-state index in [2.05, 4.69) is 10.3 Å². The molecule has 0 spiro atoms. The van der Waals surface area contributed by atoms with Gasteiger partial charge < -0.3 is 20.5 Å². The number of methoxy groups -OCH3 is 2. The van der Waals surface area contributed by atoms with E-state index in [4.69, 9.17) is 15.2 Å². The average molecular weight is 378 g/mol. The number of rotatable bonds is 7. The first-order valence-electron chi connectivity index (χ1n) is 8.48. The van der Waals surface area contributed by atoms with E-state index in [1.165, 1.54) is 11.3 Å². The minimum atomic E-state index is -0.461. The first-order chi connectivity index (χ1) is 12.3. The van der Waals surface area contributed by atoms with Gasteiger partial charge in [-0.3, -0.25) is 4.79 Å². The molecule has 3 N–H and O–H groups in total. The number of thiazole rings is 1. The van der Waals surface area contributed by atoms with Crippen molar-refractivity contribution in [2.45, 2.75) is 33.2 Å². The number of ether oxygens (including phenoxy) is 2. The molecule has 142 valence electrons. The van der Waals surface area contributed by atoms with Crippen molar-refractivity contribution in [2.24, 2.45) is 11.7 Å². The summed E-state index contributed by atoms with van der Waals surface area (Å²) in [5.41, 5.74) is 6.98. The molecular formula is C19H27N3O3S. The molecule has 1 atom stereocenters. The summed E-state index contributed by atoms with van der Waals surface area (Å²) in [6.07, 6.45) is 0. The van der Waals surface area contributed by atoms with Crippen molar-refractivity contribution in [1.82, 2.24) is 10.3 Å². The van der Waals surface area contributed by atoms with Crippen LogP contribution in [0.2, 0.25) is 0 Å². The van der Waals surface area contributed by atoms with Gasteiger partial charge in [0.25, 0.3) is 5.91 Å². The molecule has 0 bridgehead atoms. The first-order valence-corrected chi connectivity index (χ1v) is 9.29. The smallest absolute Gasteiger partial charge is 0.263 e. The van der Waals surface area contributed by atoms with Gasteiger partial charge in [0.05, 0.1) is 25.5 Å². The quantitative estimate of drug-likeness (QED) is 0.773. The molecular weight excluding hydrogens is 350 g/mol. The highest BCUT2D eigenvalue weighted by Crippen LogP contribution is 2.35. The first kappa shape index (κ1) is 20.2. The molecule has 0 radical (unpaired) electrons. The molecule has 0 aliphatic heterocycles. The van der Waals surface area contributed by atoms with Crippen LogP contribution < -0.4 is 20.5 Å². The van der Waals surface area contributed by atoms with Crippen molar-refractivity contribution in [3.8, 4) is 22.1 Å². The van der Waals surface area contributed by atoms with Crippen LogP contribution in [0.15, 0.2) is 18.2 Å². The monoisotopic (exact) mass is 377 g/mol. The number of nitrogens with zero attached hydrogens (tertiary/aromatic N) is 1. The molecule has 1 aromatic heterocycles. The molecule has 0 aliphatic rings. The number of carbonyl (C=O) groups is 1. The summed E-state index contributed by atoms with van der Waals surface area (Å²) < 4.78 is 10.6. The zero-order valence-corrected chi connectivity index (χ0v) is 17.0. The number of amides is 1. The lowest BCUT2D eigenvalue weighted by atomic mass is 9.88. The minimum absolute atomic E-state index is 0.145. The van der Waals surface area contributed by atoms with Gasteiger partial charge in [0.1, 0.15) is 9.88 Å². The Kier molecular flexibility index (Phi) is 6.26. The van der Waals surface area contributed by atoms with E-state index in [0.717, 1.165) is 10.6 Å². The van der Waals surface area contributed by atoms with Gasteiger partial charge in [-0.15, -0.1) is 11.3 Å². The molecule has 1 heterocycles. The van der Waals surface area contributed by atoms with Crippen LogP contribution in [0.4, 0.5) is 0 Å². The van der Waals surface area contributed by atoms with Crippen LogP contribution in [-0.4, -0.2) is 37.2 Å². The van der Waals surface area contributed by atoms with E-state index >= 15 is 0 Å². The second-order valence-corrected chi connectivity index (χ2v) is 7.73. The van der Waals surface area contributed by atoms with Crippen molar-refractivity contribution in [1.29, 1.82) is 0 Å². The van der Waals surface area contributed by atoms with Gasteiger partial charge in [-0.1, -0.05) is 13.8 Å². The largest absolute Gasteiger partial charge is 0.493 e. The third-order valence-electron chi connectivity index (χ3n) is 4.73. The molecule has 0 aliphatic carbocycles. The van der Waals surface area contributed by atoms with Gasteiger partial charge in [-0.25, -0.2) is 4.98 Å². The Labute approximate surface area is 158 Å². The molecule has 26 heavy (non-hydrogen) atoms. The summed E-state index contributed by atoms with van der Waals surface area (Å²) in [6.45, 7) is 8.26. The van der Waals surface area contributed by atoms with Crippen LogP contribution in [0.3, 0.4) is 0 Å². The molecule has 2 aromatic rings. The molecule has 0 fully saturated rings. The minimum Gasteiger partial charge on any atom is -0.493 e. The van der Waals surface area contributed by atoms with E-state index in [1.807, 2.05) is 45.9 Å². The van der Waals surface area contributed by atoms with Crippen molar-refractivity contribution >= 4 is 17.2 Å². The molecule has 0 saturated carbocycles. The Morgan fingerprint density at radius 1 is 1.31 bits per heavy atom. The molecule has 1 amide bonds. The van der Waals surface area contributed by atoms with Crippen LogP contribution in [0.5, 0.6) is 11.5 Å². The van der Waals surface area contributed by atoms with Crippen LogP contribution >= 0.6 is 11.3 Å². The zero-order chi connectivity index (χ0) is 19.5. The summed E-state index contributed by atoms with van der Waals surface area (Å²) in [6, 6.07) is 5.59. The highest BCUT2D eigenvalue weighted by Gasteiger charge is 2.30. The van der Waals surface area contributed by atoms with Gasteiger partial charge in [0.2, 0.25) is 0 Å². The highest BCUT2D eigenvalue weighted by molar-refractivity contribution is 7.17. The van der Waals surface area contributed by atoms with Gasteiger partial charge >= 0.3 is 0 Å². The van der Waals surface area contributed by atoms with E-state index in [9.17, 15) is 4.79 Å². The normalized spacial score (nSPS) is 13.4. The van der Waals surface area contributed by atoms with Gasteiger partial charge in [-0.05, 0) is 38.0 Å². The number of aromatic nitrogens is 1.